The van der Waals surface area contributed by atoms with Crippen LogP contribution in [0.5, 0.6) is 0 Å². The van der Waals surface area contributed by atoms with Crippen LogP contribution in [0.3, 0.4) is 0 Å². The topological polar surface area (TPSA) is 49.4 Å². The first-order valence-electron chi connectivity index (χ1n) is 7.49. The Morgan fingerprint density at radius 3 is 1.72 bits per heavy atom. The predicted molar refractivity (Wildman–Crippen MR) is 89.3 cm³/mol. The van der Waals surface area contributed by atoms with Crippen molar-refractivity contribution in [2.24, 2.45) is 0 Å². The Balaban J connectivity index is 1.92. The minimum absolute atomic E-state index is 0.212. The van der Waals surface area contributed by atoms with Crippen molar-refractivity contribution in [2.45, 2.75) is 24.2 Å². The summed E-state index contributed by atoms with van der Waals surface area (Å²) < 4.78 is 62.6. The Morgan fingerprint density at radius 1 is 0.880 bits per heavy atom. The van der Waals surface area contributed by atoms with E-state index in [0.29, 0.717) is 13.1 Å². The fourth-order valence-electron chi connectivity index (χ4n) is 2.15. The Hall–Kier alpha value is -1.90. The van der Waals surface area contributed by atoms with Crippen molar-refractivity contribution >= 4 is 10.0 Å². The van der Waals surface area contributed by atoms with Gasteiger partial charge in [-0.3, -0.25) is 0 Å². The fraction of sp³-hybridized carbons (Fsp3) is 0.294. The van der Waals surface area contributed by atoms with Gasteiger partial charge in [0.1, 0.15) is 0 Å². The van der Waals surface area contributed by atoms with Crippen molar-refractivity contribution in [1.29, 1.82) is 0 Å². The lowest BCUT2D eigenvalue weighted by Gasteiger charge is -2.12. The zero-order valence-electron chi connectivity index (χ0n) is 13.8. The van der Waals surface area contributed by atoms with E-state index in [1.54, 1.807) is 12.1 Å². The molecule has 0 saturated heterocycles. The van der Waals surface area contributed by atoms with Crippen molar-refractivity contribution < 1.29 is 21.6 Å². The second-order valence-corrected chi connectivity index (χ2v) is 7.88. The molecule has 4 nitrogen and oxygen atoms in total. The smallest absolute Gasteiger partial charge is 0.309 e. The molecule has 0 bridgehead atoms. The van der Waals surface area contributed by atoms with E-state index in [-0.39, 0.29) is 4.90 Å². The molecule has 0 aliphatic carbocycles. The predicted octanol–water partition coefficient (Wildman–Crippen LogP) is 3.25. The van der Waals surface area contributed by atoms with E-state index in [1.165, 1.54) is 38.4 Å². The number of nitrogens with zero attached hydrogens (tertiary/aromatic N) is 1. The fourth-order valence-corrected chi connectivity index (χ4v) is 3.05. The van der Waals surface area contributed by atoms with Gasteiger partial charge < -0.3 is 5.32 Å². The molecule has 0 aromatic heterocycles. The number of nitrogens with one attached hydrogen (secondary N) is 1. The highest BCUT2D eigenvalue weighted by atomic mass is 32.2. The Morgan fingerprint density at radius 2 is 1.32 bits per heavy atom. The molecule has 2 aromatic carbocycles. The molecule has 8 heteroatoms. The number of rotatable bonds is 6. The van der Waals surface area contributed by atoms with E-state index in [0.717, 1.165) is 27.6 Å². The summed E-state index contributed by atoms with van der Waals surface area (Å²) in [6.45, 7) is 0.888. The van der Waals surface area contributed by atoms with Crippen LogP contribution in [0.4, 0.5) is 13.2 Å². The van der Waals surface area contributed by atoms with Crippen LogP contribution < -0.4 is 5.32 Å². The zero-order valence-corrected chi connectivity index (χ0v) is 14.7. The van der Waals surface area contributed by atoms with Gasteiger partial charge in [0.05, 0.1) is 10.5 Å². The van der Waals surface area contributed by atoms with Crippen LogP contribution in [0.25, 0.3) is 0 Å². The molecule has 0 heterocycles. The van der Waals surface area contributed by atoms with Gasteiger partial charge in [-0.2, -0.15) is 13.2 Å². The molecule has 0 spiro atoms. The summed E-state index contributed by atoms with van der Waals surface area (Å²) in [7, 11) is -0.518. The minimum atomic E-state index is -4.33. The quantitative estimate of drug-likeness (QED) is 0.847. The van der Waals surface area contributed by atoms with Gasteiger partial charge in [0, 0.05) is 27.2 Å². The molecule has 0 unspecified atom stereocenters. The van der Waals surface area contributed by atoms with E-state index in [2.05, 4.69) is 5.32 Å². The van der Waals surface area contributed by atoms with Crippen molar-refractivity contribution in [3.05, 3.63) is 65.2 Å². The van der Waals surface area contributed by atoms with Gasteiger partial charge >= 0.3 is 6.18 Å². The number of alkyl halides is 3. The third kappa shape index (κ3) is 5.04. The maximum absolute atomic E-state index is 12.5. The highest BCUT2D eigenvalue weighted by Gasteiger charge is 2.29. The minimum Gasteiger partial charge on any atom is -0.309 e. The molecule has 0 saturated carbocycles. The Bertz CT molecular complexity index is 799. The first-order valence-corrected chi connectivity index (χ1v) is 8.93. The van der Waals surface area contributed by atoms with Gasteiger partial charge in [0.15, 0.2) is 0 Å². The van der Waals surface area contributed by atoms with Crippen molar-refractivity contribution in [3.63, 3.8) is 0 Å². The number of benzene rings is 2. The average molecular weight is 372 g/mol. The number of hydrogen-bond donors (Lipinski definition) is 1. The van der Waals surface area contributed by atoms with Crippen LogP contribution in [0, 0.1) is 0 Å². The summed E-state index contributed by atoms with van der Waals surface area (Å²) in [4.78, 5) is 0.212. The van der Waals surface area contributed by atoms with Crippen LogP contribution in [0.15, 0.2) is 53.4 Å². The van der Waals surface area contributed by atoms with Gasteiger partial charge in [-0.25, -0.2) is 12.7 Å². The molecule has 2 rings (SSSR count). The molecule has 0 radical (unpaired) electrons. The van der Waals surface area contributed by atoms with Gasteiger partial charge in [-0.15, -0.1) is 0 Å². The van der Waals surface area contributed by atoms with Crippen LogP contribution in [0.2, 0.25) is 0 Å². The van der Waals surface area contributed by atoms with Gasteiger partial charge in [-0.1, -0.05) is 24.3 Å². The molecular formula is C17H19F3N2O2S. The van der Waals surface area contributed by atoms with Crippen LogP contribution in [0.1, 0.15) is 16.7 Å². The molecule has 136 valence electrons. The molecule has 2 aromatic rings. The molecular weight excluding hydrogens is 353 g/mol. The lowest BCUT2D eigenvalue weighted by Crippen LogP contribution is -2.22. The van der Waals surface area contributed by atoms with E-state index in [1.807, 2.05) is 0 Å². The van der Waals surface area contributed by atoms with Crippen molar-refractivity contribution in [1.82, 2.24) is 9.62 Å². The third-order valence-corrected chi connectivity index (χ3v) is 5.47. The molecule has 0 atom stereocenters. The highest BCUT2D eigenvalue weighted by Crippen LogP contribution is 2.29. The SMILES string of the molecule is CN(C)S(=O)(=O)c1ccc(CNCc2ccc(C(F)(F)F)cc2)cc1. The summed E-state index contributed by atoms with van der Waals surface area (Å²) in [6, 6.07) is 11.4. The summed E-state index contributed by atoms with van der Waals surface area (Å²) in [5.41, 5.74) is 0.943. The molecule has 0 amide bonds. The van der Waals surface area contributed by atoms with E-state index >= 15 is 0 Å². The van der Waals surface area contributed by atoms with E-state index in [4.69, 9.17) is 0 Å². The first-order chi connectivity index (χ1) is 11.6. The van der Waals surface area contributed by atoms with Crippen LogP contribution in [-0.2, 0) is 29.3 Å². The van der Waals surface area contributed by atoms with Gasteiger partial charge in [0.2, 0.25) is 10.0 Å². The van der Waals surface area contributed by atoms with Gasteiger partial charge in [-0.05, 0) is 35.4 Å². The molecule has 25 heavy (non-hydrogen) atoms. The summed E-state index contributed by atoms with van der Waals surface area (Å²) in [5, 5.41) is 3.12. The standard InChI is InChI=1S/C17H19F3N2O2S/c1-22(2)25(23,24)16-9-5-14(6-10-16)12-21-11-13-3-7-15(8-4-13)17(18,19)20/h3-10,21H,11-12H2,1-2H3. The molecule has 0 aliphatic heterocycles. The van der Waals surface area contributed by atoms with Gasteiger partial charge in [0.25, 0.3) is 0 Å². The first kappa shape index (κ1) is 19.4. The number of hydrogen-bond acceptors (Lipinski definition) is 3. The van der Waals surface area contributed by atoms with E-state index in [9.17, 15) is 21.6 Å². The largest absolute Gasteiger partial charge is 0.416 e. The number of halogens is 3. The molecule has 0 aliphatic rings. The molecule has 0 fully saturated rings. The monoisotopic (exact) mass is 372 g/mol. The highest BCUT2D eigenvalue weighted by molar-refractivity contribution is 7.89. The zero-order chi connectivity index (χ0) is 18.7. The van der Waals surface area contributed by atoms with Crippen molar-refractivity contribution in [3.8, 4) is 0 Å². The average Bonchev–Trinajstić information content (AvgIpc) is 2.55. The van der Waals surface area contributed by atoms with Crippen molar-refractivity contribution in [2.75, 3.05) is 14.1 Å². The summed E-state index contributed by atoms with van der Waals surface area (Å²) >= 11 is 0. The third-order valence-electron chi connectivity index (χ3n) is 3.64. The molecule has 1 N–H and O–H groups in total. The van der Waals surface area contributed by atoms with Crippen LogP contribution >= 0.6 is 0 Å². The second kappa shape index (κ2) is 7.55. The summed E-state index contributed by atoms with van der Waals surface area (Å²) in [6.07, 6.45) is -4.33. The van der Waals surface area contributed by atoms with E-state index < -0.39 is 21.8 Å². The lowest BCUT2D eigenvalue weighted by molar-refractivity contribution is -0.137. The lowest BCUT2D eigenvalue weighted by atomic mass is 10.1. The maximum atomic E-state index is 12.5. The normalized spacial score (nSPS) is 12.6. The summed E-state index contributed by atoms with van der Waals surface area (Å²) in [5.74, 6) is 0. The maximum Gasteiger partial charge on any atom is 0.416 e. The second-order valence-electron chi connectivity index (χ2n) is 5.73. The number of sulfonamides is 1. The Kier molecular flexibility index (Phi) is 5.87. The Labute approximate surface area is 145 Å². The van der Waals surface area contributed by atoms with Crippen LogP contribution in [-0.4, -0.2) is 26.8 Å².